The first kappa shape index (κ1) is 9.25. The molecule has 0 unspecified atom stereocenters. The molecule has 74 valence electrons. The average Bonchev–Trinajstić information content (AvgIpc) is 2.98. The first-order valence-electron chi connectivity index (χ1n) is 5.11. The number of carbonyl (C=O) groups is 1. The summed E-state index contributed by atoms with van der Waals surface area (Å²) in [5.41, 5.74) is 1.84. The number of benzene rings is 1. The molecule has 0 aromatic heterocycles. The molecule has 1 aromatic carbocycles. The second-order valence-corrected chi connectivity index (χ2v) is 3.97. The van der Waals surface area contributed by atoms with Crippen LogP contribution in [-0.2, 0) is 0 Å². The molecule has 1 N–H and O–H groups in total. The van der Waals surface area contributed by atoms with Gasteiger partial charge in [0.1, 0.15) is 0 Å². The van der Waals surface area contributed by atoms with Crippen LogP contribution in [0.15, 0.2) is 24.3 Å². The van der Waals surface area contributed by atoms with Gasteiger partial charge in [0, 0.05) is 12.1 Å². The van der Waals surface area contributed by atoms with Crippen LogP contribution in [0.4, 0.5) is 0 Å². The third-order valence-corrected chi connectivity index (χ3v) is 2.64. The van der Waals surface area contributed by atoms with Crippen molar-refractivity contribution in [3.05, 3.63) is 35.4 Å². The molecule has 2 rings (SSSR count). The van der Waals surface area contributed by atoms with Crippen LogP contribution in [-0.4, -0.2) is 12.5 Å². The van der Waals surface area contributed by atoms with Gasteiger partial charge in [-0.3, -0.25) is 4.79 Å². The van der Waals surface area contributed by atoms with Crippen molar-refractivity contribution in [2.75, 3.05) is 6.54 Å². The zero-order chi connectivity index (χ0) is 9.97. The van der Waals surface area contributed by atoms with E-state index in [9.17, 15) is 4.79 Å². The standard InChI is InChI=1S/C12H15NO/c1-9-4-2-3-5-11(9)12(14)13-8-10-6-7-10/h2-5,10H,6-8H2,1H3,(H,13,14). The summed E-state index contributed by atoms with van der Waals surface area (Å²) in [6.45, 7) is 2.80. The zero-order valence-electron chi connectivity index (χ0n) is 8.42. The van der Waals surface area contributed by atoms with Gasteiger partial charge in [-0.1, -0.05) is 18.2 Å². The summed E-state index contributed by atoms with van der Waals surface area (Å²) < 4.78 is 0. The largest absolute Gasteiger partial charge is 0.352 e. The quantitative estimate of drug-likeness (QED) is 0.775. The molecule has 1 aliphatic rings. The van der Waals surface area contributed by atoms with Gasteiger partial charge in [0.2, 0.25) is 0 Å². The smallest absolute Gasteiger partial charge is 0.251 e. The monoisotopic (exact) mass is 189 g/mol. The minimum Gasteiger partial charge on any atom is -0.352 e. The maximum absolute atomic E-state index is 11.7. The second-order valence-electron chi connectivity index (χ2n) is 3.97. The van der Waals surface area contributed by atoms with Gasteiger partial charge in [0.25, 0.3) is 5.91 Å². The van der Waals surface area contributed by atoms with Crippen LogP contribution in [0, 0.1) is 12.8 Å². The van der Waals surface area contributed by atoms with Crippen LogP contribution in [0.5, 0.6) is 0 Å². The molecule has 1 fully saturated rings. The van der Waals surface area contributed by atoms with E-state index in [2.05, 4.69) is 5.32 Å². The number of rotatable bonds is 3. The Kier molecular flexibility index (Phi) is 2.53. The number of aryl methyl sites for hydroxylation is 1. The SMILES string of the molecule is Cc1ccccc1C(=O)NCC1CC1. The summed E-state index contributed by atoms with van der Waals surface area (Å²) >= 11 is 0. The van der Waals surface area contributed by atoms with Crippen molar-refractivity contribution in [3.8, 4) is 0 Å². The number of carbonyl (C=O) groups excluding carboxylic acids is 1. The Hall–Kier alpha value is -1.31. The minimum absolute atomic E-state index is 0.0648. The third-order valence-electron chi connectivity index (χ3n) is 2.64. The maximum Gasteiger partial charge on any atom is 0.251 e. The molecular formula is C12H15NO. The molecule has 0 bridgehead atoms. The molecule has 2 heteroatoms. The van der Waals surface area contributed by atoms with Crippen molar-refractivity contribution in [2.24, 2.45) is 5.92 Å². The Labute approximate surface area is 84.3 Å². The molecule has 1 aliphatic carbocycles. The summed E-state index contributed by atoms with van der Waals surface area (Å²) in [5, 5.41) is 2.96. The Morgan fingerprint density at radius 2 is 2.14 bits per heavy atom. The van der Waals surface area contributed by atoms with Crippen LogP contribution >= 0.6 is 0 Å². The summed E-state index contributed by atoms with van der Waals surface area (Å²) in [5.74, 6) is 0.804. The van der Waals surface area contributed by atoms with Gasteiger partial charge >= 0.3 is 0 Å². The van der Waals surface area contributed by atoms with Crippen molar-refractivity contribution in [3.63, 3.8) is 0 Å². The number of amides is 1. The summed E-state index contributed by atoms with van der Waals surface area (Å²) in [6, 6.07) is 7.69. The van der Waals surface area contributed by atoms with Crippen LogP contribution in [0.2, 0.25) is 0 Å². The highest BCUT2D eigenvalue weighted by Crippen LogP contribution is 2.27. The van der Waals surface area contributed by atoms with Gasteiger partial charge < -0.3 is 5.32 Å². The van der Waals surface area contributed by atoms with Crippen LogP contribution in [0.25, 0.3) is 0 Å². The molecule has 0 heterocycles. The molecule has 0 aliphatic heterocycles. The molecule has 1 amide bonds. The topological polar surface area (TPSA) is 29.1 Å². The predicted molar refractivity (Wildman–Crippen MR) is 56.2 cm³/mol. The van der Waals surface area contributed by atoms with E-state index in [0.717, 1.165) is 23.6 Å². The van der Waals surface area contributed by atoms with Crippen molar-refractivity contribution >= 4 is 5.91 Å². The molecule has 0 spiro atoms. The second kappa shape index (κ2) is 3.82. The molecular weight excluding hydrogens is 174 g/mol. The zero-order valence-corrected chi connectivity index (χ0v) is 8.42. The lowest BCUT2D eigenvalue weighted by Gasteiger charge is -2.06. The van der Waals surface area contributed by atoms with E-state index in [1.165, 1.54) is 12.8 Å². The molecule has 14 heavy (non-hydrogen) atoms. The van der Waals surface area contributed by atoms with Crippen molar-refractivity contribution in [2.45, 2.75) is 19.8 Å². The van der Waals surface area contributed by atoms with E-state index in [1.54, 1.807) is 0 Å². The van der Waals surface area contributed by atoms with Gasteiger partial charge in [0.15, 0.2) is 0 Å². The van der Waals surface area contributed by atoms with Crippen molar-refractivity contribution < 1.29 is 4.79 Å². The lowest BCUT2D eigenvalue weighted by molar-refractivity contribution is 0.0951. The van der Waals surface area contributed by atoms with E-state index >= 15 is 0 Å². The Morgan fingerprint density at radius 1 is 1.43 bits per heavy atom. The summed E-state index contributed by atoms with van der Waals surface area (Å²) in [7, 11) is 0. The molecule has 1 aromatic rings. The van der Waals surface area contributed by atoms with Gasteiger partial charge in [-0.05, 0) is 37.3 Å². The van der Waals surface area contributed by atoms with E-state index in [1.807, 2.05) is 31.2 Å². The van der Waals surface area contributed by atoms with Crippen molar-refractivity contribution in [1.82, 2.24) is 5.32 Å². The minimum atomic E-state index is 0.0648. The first-order valence-corrected chi connectivity index (χ1v) is 5.11. The van der Waals surface area contributed by atoms with E-state index < -0.39 is 0 Å². The number of hydrogen-bond donors (Lipinski definition) is 1. The maximum atomic E-state index is 11.7. The van der Waals surface area contributed by atoms with Crippen molar-refractivity contribution in [1.29, 1.82) is 0 Å². The normalized spacial score (nSPS) is 15.2. The van der Waals surface area contributed by atoms with Gasteiger partial charge in [-0.25, -0.2) is 0 Å². The summed E-state index contributed by atoms with van der Waals surface area (Å²) in [4.78, 5) is 11.7. The molecule has 0 radical (unpaired) electrons. The third kappa shape index (κ3) is 2.13. The lowest BCUT2D eigenvalue weighted by atomic mass is 10.1. The predicted octanol–water partition coefficient (Wildman–Crippen LogP) is 2.13. The van der Waals surface area contributed by atoms with Crippen LogP contribution in [0.1, 0.15) is 28.8 Å². The highest BCUT2D eigenvalue weighted by atomic mass is 16.1. The lowest BCUT2D eigenvalue weighted by Crippen LogP contribution is -2.26. The fourth-order valence-electron chi connectivity index (χ4n) is 1.48. The number of nitrogens with one attached hydrogen (secondary N) is 1. The molecule has 0 saturated heterocycles. The first-order chi connectivity index (χ1) is 6.77. The fourth-order valence-corrected chi connectivity index (χ4v) is 1.48. The van der Waals surface area contributed by atoms with Gasteiger partial charge in [-0.15, -0.1) is 0 Å². The fraction of sp³-hybridized carbons (Fsp3) is 0.417. The Morgan fingerprint density at radius 3 is 2.79 bits per heavy atom. The highest BCUT2D eigenvalue weighted by Gasteiger charge is 2.21. The Balaban J connectivity index is 1.98. The van der Waals surface area contributed by atoms with E-state index in [-0.39, 0.29) is 5.91 Å². The average molecular weight is 189 g/mol. The van der Waals surface area contributed by atoms with Crippen LogP contribution in [0.3, 0.4) is 0 Å². The Bertz CT molecular complexity index is 342. The van der Waals surface area contributed by atoms with E-state index in [4.69, 9.17) is 0 Å². The molecule has 1 saturated carbocycles. The van der Waals surface area contributed by atoms with Gasteiger partial charge in [-0.2, -0.15) is 0 Å². The summed E-state index contributed by atoms with van der Waals surface area (Å²) in [6.07, 6.45) is 2.54. The highest BCUT2D eigenvalue weighted by molar-refractivity contribution is 5.95. The molecule has 2 nitrogen and oxygen atoms in total. The number of hydrogen-bond acceptors (Lipinski definition) is 1. The molecule has 0 atom stereocenters. The van der Waals surface area contributed by atoms with E-state index in [0.29, 0.717) is 0 Å². The van der Waals surface area contributed by atoms with Crippen LogP contribution < -0.4 is 5.32 Å². The van der Waals surface area contributed by atoms with Gasteiger partial charge in [0.05, 0.1) is 0 Å².